The highest BCUT2D eigenvalue weighted by Crippen LogP contribution is 2.38. The lowest BCUT2D eigenvalue weighted by atomic mass is 9.97. The average molecular weight is 422 g/mol. The van der Waals surface area contributed by atoms with Crippen LogP contribution in [0.3, 0.4) is 0 Å². The van der Waals surface area contributed by atoms with Crippen molar-refractivity contribution in [1.29, 1.82) is 0 Å². The molecule has 0 spiro atoms. The average Bonchev–Trinajstić information content (AvgIpc) is 3.34. The number of amides is 1. The van der Waals surface area contributed by atoms with E-state index in [0.717, 1.165) is 76.0 Å². The van der Waals surface area contributed by atoms with Gasteiger partial charge in [0.2, 0.25) is 0 Å². The lowest BCUT2D eigenvalue weighted by Gasteiger charge is -2.26. The quantitative estimate of drug-likeness (QED) is 0.589. The van der Waals surface area contributed by atoms with Crippen LogP contribution in [-0.2, 0) is 6.42 Å². The van der Waals surface area contributed by atoms with Gasteiger partial charge in [0.15, 0.2) is 0 Å². The molecule has 6 nitrogen and oxygen atoms in total. The summed E-state index contributed by atoms with van der Waals surface area (Å²) in [5.41, 5.74) is 4.92. The van der Waals surface area contributed by atoms with Crippen LogP contribution >= 0.6 is 11.3 Å². The topological polar surface area (TPSA) is 71.9 Å². The van der Waals surface area contributed by atoms with Gasteiger partial charge >= 0.3 is 0 Å². The minimum atomic E-state index is -0.0551. The van der Waals surface area contributed by atoms with Crippen LogP contribution in [0.5, 0.6) is 0 Å². The van der Waals surface area contributed by atoms with E-state index in [1.807, 2.05) is 44.1 Å². The van der Waals surface area contributed by atoms with Crippen molar-refractivity contribution in [1.82, 2.24) is 24.8 Å². The van der Waals surface area contributed by atoms with E-state index in [1.165, 1.54) is 11.3 Å². The maximum Gasteiger partial charge on any atom is 0.266 e. The second-order valence-corrected chi connectivity index (χ2v) is 9.03. The Morgan fingerprint density at radius 1 is 1.20 bits per heavy atom. The molecule has 1 unspecified atom stereocenters. The van der Waals surface area contributed by atoms with Gasteiger partial charge in [0.25, 0.3) is 5.91 Å². The summed E-state index contributed by atoms with van der Waals surface area (Å²) in [5.74, 6) is 0.903. The third-order valence-corrected chi connectivity index (χ3v) is 6.64. The lowest BCUT2D eigenvalue weighted by Crippen LogP contribution is -2.31. The molecule has 0 radical (unpaired) electrons. The number of carbonyl (C=O) groups is 1. The van der Waals surface area contributed by atoms with Crippen molar-refractivity contribution in [3.63, 3.8) is 0 Å². The van der Waals surface area contributed by atoms with Crippen molar-refractivity contribution in [3.8, 4) is 11.1 Å². The molecule has 1 amide bonds. The van der Waals surface area contributed by atoms with Crippen molar-refractivity contribution in [2.45, 2.75) is 59.4 Å². The normalized spacial score (nSPS) is 16.3. The Hall–Kier alpha value is -2.67. The van der Waals surface area contributed by atoms with Gasteiger partial charge < -0.3 is 4.90 Å². The van der Waals surface area contributed by atoms with E-state index in [-0.39, 0.29) is 11.9 Å². The first kappa shape index (κ1) is 20.6. The molecule has 1 aliphatic heterocycles. The van der Waals surface area contributed by atoms with E-state index in [2.05, 4.69) is 21.9 Å². The van der Waals surface area contributed by atoms with Gasteiger partial charge in [0.1, 0.15) is 10.7 Å². The summed E-state index contributed by atoms with van der Waals surface area (Å²) < 4.78 is 0. The van der Waals surface area contributed by atoms with Gasteiger partial charge in [-0.3, -0.25) is 9.78 Å². The third kappa shape index (κ3) is 3.86. The van der Waals surface area contributed by atoms with Gasteiger partial charge in [0.05, 0.1) is 22.4 Å². The number of aromatic nitrogens is 4. The summed E-state index contributed by atoms with van der Waals surface area (Å²) in [7, 11) is 0. The smallest absolute Gasteiger partial charge is 0.266 e. The number of carbonyl (C=O) groups excluding carboxylic acids is 1. The van der Waals surface area contributed by atoms with Crippen LogP contribution in [0.2, 0.25) is 0 Å². The van der Waals surface area contributed by atoms with E-state index in [0.29, 0.717) is 0 Å². The monoisotopic (exact) mass is 421 g/mol. The van der Waals surface area contributed by atoms with Crippen LogP contribution in [0, 0.1) is 20.8 Å². The van der Waals surface area contributed by atoms with Crippen LogP contribution in [-0.4, -0.2) is 37.3 Å². The van der Waals surface area contributed by atoms with Crippen molar-refractivity contribution in [3.05, 3.63) is 57.3 Å². The Balaban J connectivity index is 1.79. The standard InChI is InChI=1S/C23H27N5OS/c1-5-7-20-25-13-18(17-9-10-24-12-14(17)2)21(27-20)19-8-6-11-28(19)23(29)22-15(3)26-16(4)30-22/h9-10,12-13,19H,5-8,11H2,1-4H3. The minimum absolute atomic E-state index is 0.0551. The molecule has 0 bridgehead atoms. The molecule has 0 saturated carbocycles. The Labute approximate surface area is 181 Å². The number of nitrogens with zero attached hydrogens (tertiary/aromatic N) is 5. The van der Waals surface area contributed by atoms with Crippen molar-refractivity contribution in [2.75, 3.05) is 6.54 Å². The largest absolute Gasteiger partial charge is 0.329 e. The van der Waals surface area contributed by atoms with Crippen molar-refractivity contribution in [2.24, 2.45) is 0 Å². The van der Waals surface area contributed by atoms with E-state index in [1.54, 1.807) is 6.20 Å². The van der Waals surface area contributed by atoms with E-state index < -0.39 is 0 Å². The molecule has 3 aromatic heterocycles. The molecule has 4 rings (SSSR count). The maximum absolute atomic E-state index is 13.4. The molecule has 0 aliphatic carbocycles. The molecule has 4 heterocycles. The van der Waals surface area contributed by atoms with Gasteiger partial charge in [-0.15, -0.1) is 11.3 Å². The summed E-state index contributed by atoms with van der Waals surface area (Å²) in [6.07, 6.45) is 9.28. The van der Waals surface area contributed by atoms with Crippen LogP contribution in [0.1, 0.15) is 69.7 Å². The second-order valence-electron chi connectivity index (χ2n) is 7.83. The number of thiazole rings is 1. The Morgan fingerprint density at radius 3 is 2.73 bits per heavy atom. The maximum atomic E-state index is 13.4. The molecular formula is C23H27N5OS. The molecule has 1 aliphatic rings. The number of aryl methyl sites for hydroxylation is 4. The molecular weight excluding hydrogens is 394 g/mol. The lowest BCUT2D eigenvalue weighted by molar-refractivity contribution is 0.0737. The van der Waals surface area contributed by atoms with Gasteiger partial charge in [-0.1, -0.05) is 6.92 Å². The van der Waals surface area contributed by atoms with Crippen molar-refractivity contribution >= 4 is 17.2 Å². The first-order chi connectivity index (χ1) is 14.5. The van der Waals surface area contributed by atoms with E-state index in [4.69, 9.17) is 4.98 Å². The number of rotatable bonds is 5. The zero-order chi connectivity index (χ0) is 21.3. The number of hydrogen-bond acceptors (Lipinski definition) is 6. The Morgan fingerprint density at radius 2 is 2.03 bits per heavy atom. The van der Waals surface area contributed by atoms with Gasteiger partial charge in [0, 0.05) is 37.1 Å². The fraction of sp³-hybridized carbons (Fsp3) is 0.435. The predicted octanol–water partition coefficient (Wildman–Crippen LogP) is 4.85. The molecule has 30 heavy (non-hydrogen) atoms. The van der Waals surface area contributed by atoms with Gasteiger partial charge in [-0.05, 0) is 57.2 Å². The highest BCUT2D eigenvalue weighted by atomic mass is 32.1. The summed E-state index contributed by atoms with van der Waals surface area (Å²) in [6.45, 7) is 8.78. The van der Waals surface area contributed by atoms with Crippen molar-refractivity contribution < 1.29 is 4.79 Å². The number of likely N-dealkylation sites (tertiary alicyclic amines) is 1. The summed E-state index contributed by atoms with van der Waals surface area (Å²) >= 11 is 1.48. The molecule has 156 valence electrons. The minimum Gasteiger partial charge on any atom is -0.329 e. The second kappa shape index (κ2) is 8.60. The molecule has 1 atom stereocenters. The Kier molecular flexibility index (Phi) is 5.90. The summed E-state index contributed by atoms with van der Waals surface area (Å²) in [4.78, 5) is 34.4. The highest BCUT2D eigenvalue weighted by molar-refractivity contribution is 7.13. The van der Waals surface area contributed by atoms with Crippen LogP contribution < -0.4 is 0 Å². The summed E-state index contributed by atoms with van der Waals surface area (Å²) in [6, 6.07) is 1.95. The SMILES string of the molecule is CCCc1ncc(-c2ccncc2C)c(C2CCCN2C(=O)c2sc(C)nc2C)n1. The molecule has 0 N–H and O–H groups in total. The van der Waals surface area contributed by atoms with Crippen LogP contribution in [0.15, 0.2) is 24.7 Å². The molecule has 7 heteroatoms. The highest BCUT2D eigenvalue weighted by Gasteiger charge is 2.35. The Bertz CT molecular complexity index is 1080. The van der Waals surface area contributed by atoms with Crippen LogP contribution in [0.4, 0.5) is 0 Å². The third-order valence-electron chi connectivity index (χ3n) is 5.58. The van der Waals surface area contributed by atoms with E-state index in [9.17, 15) is 4.79 Å². The number of pyridine rings is 1. The van der Waals surface area contributed by atoms with Gasteiger partial charge in [-0.25, -0.2) is 15.0 Å². The molecule has 3 aromatic rings. The zero-order valence-electron chi connectivity index (χ0n) is 18.0. The fourth-order valence-electron chi connectivity index (χ4n) is 4.17. The first-order valence-corrected chi connectivity index (χ1v) is 11.3. The first-order valence-electron chi connectivity index (χ1n) is 10.5. The molecule has 1 fully saturated rings. The fourth-order valence-corrected chi connectivity index (χ4v) is 5.04. The zero-order valence-corrected chi connectivity index (χ0v) is 18.8. The van der Waals surface area contributed by atoms with E-state index >= 15 is 0 Å². The molecule has 0 aromatic carbocycles. The number of hydrogen-bond donors (Lipinski definition) is 0. The predicted molar refractivity (Wildman–Crippen MR) is 119 cm³/mol. The van der Waals surface area contributed by atoms with Crippen LogP contribution in [0.25, 0.3) is 11.1 Å². The summed E-state index contributed by atoms with van der Waals surface area (Å²) in [5, 5.41) is 0.923. The van der Waals surface area contributed by atoms with Gasteiger partial charge in [-0.2, -0.15) is 0 Å². The molecule has 1 saturated heterocycles.